The number of benzene rings is 2. The van der Waals surface area contributed by atoms with Gasteiger partial charge in [-0.05, 0) is 61.9 Å². The predicted molar refractivity (Wildman–Crippen MR) is 105 cm³/mol. The van der Waals surface area contributed by atoms with Gasteiger partial charge in [-0.1, -0.05) is 24.3 Å². The van der Waals surface area contributed by atoms with Crippen LogP contribution in [0.5, 0.6) is 0 Å². The Morgan fingerprint density at radius 3 is 2.52 bits per heavy atom. The van der Waals surface area contributed by atoms with Crippen LogP contribution in [-0.4, -0.2) is 20.0 Å². The van der Waals surface area contributed by atoms with Crippen LogP contribution < -0.4 is 4.72 Å². The molecule has 0 radical (unpaired) electrons. The van der Waals surface area contributed by atoms with Crippen LogP contribution in [0.3, 0.4) is 0 Å². The SMILES string of the molecule is CC(=O)CCC(=O)c1cccc(NS(=O)(=O)c2cccc3c2CCCC3)c1. The van der Waals surface area contributed by atoms with Crippen LogP contribution >= 0.6 is 0 Å². The van der Waals surface area contributed by atoms with Crippen molar-refractivity contribution in [3.8, 4) is 0 Å². The number of carbonyl (C=O) groups is 2. The van der Waals surface area contributed by atoms with Crippen molar-refractivity contribution >= 4 is 27.3 Å². The lowest BCUT2D eigenvalue weighted by atomic mass is 9.92. The zero-order valence-electron chi connectivity index (χ0n) is 15.3. The third-order valence-corrected chi connectivity index (χ3v) is 6.25. The second kappa shape index (κ2) is 8.05. The molecule has 0 fully saturated rings. The van der Waals surface area contributed by atoms with Crippen molar-refractivity contribution in [3.63, 3.8) is 0 Å². The Balaban J connectivity index is 1.84. The molecule has 6 heteroatoms. The quantitative estimate of drug-likeness (QED) is 0.733. The third kappa shape index (κ3) is 4.63. The minimum absolute atomic E-state index is 0.0472. The van der Waals surface area contributed by atoms with Crippen LogP contribution in [0, 0.1) is 0 Å². The molecule has 3 rings (SSSR count). The van der Waals surface area contributed by atoms with E-state index in [-0.39, 0.29) is 24.4 Å². The molecule has 0 spiro atoms. The van der Waals surface area contributed by atoms with E-state index in [0.29, 0.717) is 16.1 Å². The van der Waals surface area contributed by atoms with E-state index in [4.69, 9.17) is 0 Å². The standard InChI is InChI=1S/C21H23NO4S/c1-15(23)12-13-20(24)17-8-4-9-18(14-17)22-27(25,26)21-11-5-7-16-6-2-3-10-19(16)21/h4-5,7-9,11,14,22H,2-3,6,10,12-13H2,1H3. The summed E-state index contributed by atoms with van der Waals surface area (Å²) >= 11 is 0. The lowest BCUT2D eigenvalue weighted by Gasteiger charge is -2.19. The minimum atomic E-state index is -3.74. The van der Waals surface area contributed by atoms with Gasteiger partial charge in [0.05, 0.1) is 4.90 Å². The molecule has 0 heterocycles. The number of aryl methyl sites for hydroxylation is 1. The van der Waals surface area contributed by atoms with E-state index in [0.717, 1.165) is 36.8 Å². The number of hydrogen-bond acceptors (Lipinski definition) is 4. The number of nitrogens with one attached hydrogen (secondary N) is 1. The molecule has 1 aliphatic rings. The molecule has 27 heavy (non-hydrogen) atoms. The van der Waals surface area contributed by atoms with Crippen molar-refractivity contribution in [3.05, 3.63) is 59.2 Å². The van der Waals surface area contributed by atoms with Gasteiger partial charge < -0.3 is 4.79 Å². The number of hydrogen-bond donors (Lipinski definition) is 1. The van der Waals surface area contributed by atoms with Crippen molar-refractivity contribution in [2.24, 2.45) is 0 Å². The van der Waals surface area contributed by atoms with Gasteiger partial charge in [-0.25, -0.2) is 8.42 Å². The molecule has 0 aliphatic heterocycles. The number of carbonyl (C=O) groups excluding carboxylic acids is 2. The molecule has 0 saturated carbocycles. The highest BCUT2D eigenvalue weighted by atomic mass is 32.2. The molecule has 0 bridgehead atoms. The Hall–Kier alpha value is -2.47. The fraction of sp³-hybridized carbons (Fsp3) is 0.333. The summed E-state index contributed by atoms with van der Waals surface area (Å²) in [7, 11) is -3.74. The Labute approximate surface area is 159 Å². The van der Waals surface area contributed by atoms with Crippen LogP contribution in [0.15, 0.2) is 47.4 Å². The molecule has 142 valence electrons. The summed E-state index contributed by atoms with van der Waals surface area (Å²) in [6.45, 7) is 1.44. The Morgan fingerprint density at radius 2 is 1.74 bits per heavy atom. The Bertz CT molecular complexity index is 979. The first-order valence-corrected chi connectivity index (χ1v) is 10.6. The van der Waals surface area contributed by atoms with E-state index < -0.39 is 10.0 Å². The van der Waals surface area contributed by atoms with Crippen molar-refractivity contribution in [1.29, 1.82) is 0 Å². The van der Waals surface area contributed by atoms with Gasteiger partial charge in [-0.2, -0.15) is 0 Å². The molecule has 0 saturated heterocycles. The molecule has 2 aromatic rings. The smallest absolute Gasteiger partial charge is 0.262 e. The molecule has 1 N–H and O–H groups in total. The fourth-order valence-corrected chi connectivity index (χ4v) is 4.76. The van der Waals surface area contributed by atoms with Crippen LogP contribution in [0.4, 0.5) is 5.69 Å². The summed E-state index contributed by atoms with van der Waals surface area (Å²) in [6.07, 6.45) is 4.03. The summed E-state index contributed by atoms with van der Waals surface area (Å²) < 4.78 is 28.5. The lowest BCUT2D eigenvalue weighted by molar-refractivity contribution is -0.116. The summed E-state index contributed by atoms with van der Waals surface area (Å²) in [6, 6.07) is 11.8. The van der Waals surface area contributed by atoms with Crippen molar-refractivity contribution in [1.82, 2.24) is 0 Å². The maximum absolute atomic E-state index is 12.9. The lowest BCUT2D eigenvalue weighted by Crippen LogP contribution is -2.17. The van der Waals surface area contributed by atoms with Gasteiger partial charge in [0.2, 0.25) is 0 Å². The van der Waals surface area contributed by atoms with Gasteiger partial charge in [-0.15, -0.1) is 0 Å². The van der Waals surface area contributed by atoms with Crippen molar-refractivity contribution in [2.45, 2.75) is 50.3 Å². The first-order chi connectivity index (χ1) is 12.9. The molecule has 2 aromatic carbocycles. The summed E-state index contributed by atoms with van der Waals surface area (Å²) in [4.78, 5) is 23.6. The zero-order chi connectivity index (χ0) is 19.4. The first-order valence-electron chi connectivity index (χ1n) is 9.13. The molecule has 0 atom stereocenters. The van der Waals surface area contributed by atoms with E-state index in [1.54, 1.807) is 30.3 Å². The van der Waals surface area contributed by atoms with Gasteiger partial charge in [0, 0.05) is 24.1 Å². The molecular weight excluding hydrogens is 362 g/mol. The first kappa shape index (κ1) is 19.3. The number of anilines is 1. The van der Waals surface area contributed by atoms with Gasteiger partial charge in [0.15, 0.2) is 5.78 Å². The average Bonchev–Trinajstić information content (AvgIpc) is 2.65. The number of Topliss-reactive ketones (excluding diaryl/α,β-unsaturated/α-hetero) is 2. The predicted octanol–water partition coefficient (Wildman–Crippen LogP) is 3.92. The summed E-state index contributed by atoms with van der Waals surface area (Å²) in [5.41, 5.74) is 2.73. The van der Waals surface area contributed by atoms with Gasteiger partial charge in [0.1, 0.15) is 5.78 Å². The van der Waals surface area contributed by atoms with Gasteiger partial charge >= 0.3 is 0 Å². The Kier molecular flexibility index (Phi) is 5.75. The molecule has 0 aromatic heterocycles. The Morgan fingerprint density at radius 1 is 1.00 bits per heavy atom. The highest BCUT2D eigenvalue weighted by molar-refractivity contribution is 7.92. The number of sulfonamides is 1. The van der Waals surface area contributed by atoms with Crippen molar-refractivity contribution in [2.75, 3.05) is 4.72 Å². The summed E-state index contributed by atoms with van der Waals surface area (Å²) in [5.74, 6) is -0.225. The normalized spacial score (nSPS) is 13.7. The van der Waals surface area contributed by atoms with Crippen LogP contribution in [0.25, 0.3) is 0 Å². The molecule has 1 aliphatic carbocycles. The summed E-state index contributed by atoms with van der Waals surface area (Å²) in [5, 5.41) is 0. The van der Waals surface area contributed by atoms with Crippen molar-refractivity contribution < 1.29 is 18.0 Å². The fourth-order valence-electron chi connectivity index (χ4n) is 3.40. The van der Waals surface area contributed by atoms with E-state index in [9.17, 15) is 18.0 Å². The minimum Gasteiger partial charge on any atom is -0.300 e. The van der Waals surface area contributed by atoms with E-state index >= 15 is 0 Å². The van der Waals surface area contributed by atoms with E-state index in [1.165, 1.54) is 13.0 Å². The van der Waals surface area contributed by atoms with Gasteiger partial charge in [-0.3, -0.25) is 9.52 Å². The number of rotatable bonds is 7. The highest BCUT2D eigenvalue weighted by Gasteiger charge is 2.22. The van der Waals surface area contributed by atoms with Crippen LogP contribution in [0.1, 0.15) is 54.1 Å². The maximum Gasteiger partial charge on any atom is 0.262 e. The second-order valence-corrected chi connectivity index (χ2v) is 8.56. The molecule has 5 nitrogen and oxygen atoms in total. The molecular formula is C21H23NO4S. The monoisotopic (exact) mass is 385 g/mol. The van der Waals surface area contributed by atoms with Gasteiger partial charge in [0.25, 0.3) is 10.0 Å². The zero-order valence-corrected chi connectivity index (χ0v) is 16.1. The maximum atomic E-state index is 12.9. The van der Waals surface area contributed by atoms with Crippen LogP contribution in [-0.2, 0) is 27.7 Å². The van der Waals surface area contributed by atoms with Crippen LogP contribution in [0.2, 0.25) is 0 Å². The average molecular weight is 385 g/mol. The highest BCUT2D eigenvalue weighted by Crippen LogP contribution is 2.28. The molecule has 0 unspecified atom stereocenters. The third-order valence-electron chi connectivity index (χ3n) is 4.78. The molecule has 0 amide bonds. The van der Waals surface area contributed by atoms with E-state index in [1.807, 2.05) is 6.07 Å². The topological polar surface area (TPSA) is 80.3 Å². The number of fused-ring (bicyclic) bond motifs is 1. The second-order valence-electron chi connectivity index (χ2n) is 6.91. The largest absolute Gasteiger partial charge is 0.300 e. The number of ketones is 2. The van der Waals surface area contributed by atoms with E-state index in [2.05, 4.69) is 4.72 Å².